The molecule has 1 fully saturated rings. The Labute approximate surface area is 166 Å². The number of esters is 2. The second-order valence-electron chi connectivity index (χ2n) is 6.81. The Morgan fingerprint density at radius 1 is 1.24 bits per heavy atom. The fraction of sp³-hybridized carbons (Fsp3) is 0.526. The van der Waals surface area contributed by atoms with Gasteiger partial charge in [-0.3, -0.25) is 19.7 Å². The van der Waals surface area contributed by atoms with Gasteiger partial charge in [0.2, 0.25) is 0 Å². The molecule has 1 saturated carbocycles. The lowest BCUT2D eigenvalue weighted by molar-refractivity contribution is -0.384. The number of hydrogen-bond donors (Lipinski definition) is 1. The summed E-state index contributed by atoms with van der Waals surface area (Å²) < 4.78 is 24.2. The van der Waals surface area contributed by atoms with Crippen LogP contribution in [0.1, 0.15) is 38.2 Å². The van der Waals surface area contributed by atoms with Gasteiger partial charge in [-0.2, -0.15) is 0 Å². The molecule has 0 heterocycles. The van der Waals surface area contributed by atoms with Crippen LogP contribution in [-0.4, -0.2) is 36.5 Å². The average Bonchev–Trinajstić information content (AvgIpc) is 2.70. The molecule has 1 aromatic carbocycles. The van der Waals surface area contributed by atoms with Gasteiger partial charge in [0.1, 0.15) is 0 Å². The number of methoxy groups -OCH3 is 1. The zero-order valence-corrected chi connectivity index (χ0v) is 16.2. The van der Waals surface area contributed by atoms with E-state index in [1.807, 2.05) is 5.32 Å². The van der Waals surface area contributed by atoms with Gasteiger partial charge in [0.25, 0.3) is 5.69 Å². The number of anilines is 1. The highest BCUT2D eigenvalue weighted by molar-refractivity contribution is 6.37. The molecule has 1 N–H and O–H groups in total. The van der Waals surface area contributed by atoms with Crippen LogP contribution in [0.3, 0.4) is 0 Å². The van der Waals surface area contributed by atoms with Crippen LogP contribution in [0.15, 0.2) is 12.1 Å². The van der Waals surface area contributed by atoms with Crippen molar-refractivity contribution in [1.82, 2.24) is 0 Å². The van der Waals surface area contributed by atoms with Crippen LogP contribution < -0.4 is 5.32 Å². The Morgan fingerprint density at radius 3 is 2.45 bits per heavy atom. The number of amides is 1. The molecule has 29 heavy (non-hydrogen) atoms. The van der Waals surface area contributed by atoms with Crippen LogP contribution in [0, 0.1) is 27.8 Å². The van der Waals surface area contributed by atoms with Gasteiger partial charge in [-0.1, -0.05) is 0 Å². The van der Waals surface area contributed by atoms with Crippen LogP contribution in [0.2, 0.25) is 0 Å². The molecule has 0 unspecified atom stereocenters. The average molecular weight is 410 g/mol. The lowest BCUT2D eigenvalue weighted by Gasteiger charge is -2.27. The molecule has 0 aromatic heterocycles. The maximum atomic E-state index is 14.9. The number of carbonyl (C=O) groups excluding carboxylic acids is 3. The number of carbonyl (C=O) groups is 3. The number of nitrogens with zero attached hydrogens (tertiary/aromatic N) is 1. The van der Waals surface area contributed by atoms with Crippen molar-refractivity contribution in [2.75, 3.05) is 19.0 Å². The fourth-order valence-electron chi connectivity index (χ4n) is 3.47. The van der Waals surface area contributed by atoms with E-state index in [9.17, 15) is 28.9 Å². The van der Waals surface area contributed by atoms with Crippen molar-refractivity contribution in [3.8, 4) is 0 Å². The summed E-state index contributed by atoms with van der Waals surface area (Å²) in [6.45, 7) is 2.07. The molecule has 0 spiro atoms. The van der Waals surface area contributed by atoms with Gasteiger partial charge < -0.3 is 14.8 Å². The van der Waals surface area contributed by atoms with Crippen molar-refractivity contribution in [3.05, 3.63) is 33.6 Å². The van der Waals surface area contributed by atoms with Crippen molar-refractivity contribution < 1.29 is 33.2 Å². The zero-order chi connectivity index (χ0) is 21.6. The first-order chi connectivity index (χ1) is 13.8. The number of hydrogen-bond acceptors (Lipinski definition) is 7. The van der Waals surface area contributed by atoms with Crippen molar-refractivity contribution >= 4 is 29.2 Å². The molecular weight excluding hydrogens is 387 g/mol. The van der Waals surface area contributed by atoms with Gasteiger partial charge in [-0.15, -0.1) is 0 Å². The quantitative estimate of drug-likeness (QED) is 0.331. The maximum Gasteiger partial charge on any atom is 0.396 e. The van der Waals surface area contributed by atoms with E-state index in [2.05, 4.69) is 4.74 Å². The van der Waals surface area contributed by atoms with Gasteiger partial charge in [0, 0.05) is 6.07 Å². The van der Waals surface area contributed by atoms with Crippen LogP contribution in [0.25, 0.3) is 0 Å². The summed E-state index contributed by atoms with van der Waals surface area (Å²) in [5.41, 5.74) is -1.13. The van der Waals surface area contributed by atoms with E-state index in [-0.39, 0.29) is 23.4 Å². The molecule has 1 amide bonds. The van der Waals surface area contributed by atoms with Gasteiger partial charge in [-0.05, 0) is 56.6 Å². The SMILES string of the molecule is CCOC(=O)C1CCC(Cc2ccc([N+](=O)[O-])c(NC(=O)C(=O)OC)c2F)CC1. The van der Waals surface area contributed by atoms with Crippen molar-refractivity contribution in [3.63, 3.8) is 0 Å². The number of benzene rings is 1. The van der Waals surface area contributed by atoms with Gasteiger partial charge in [0.05, 0.1) is 24.6 Å². The molecular formula is C19H23FN2O7. The molecule has 2 rings (SSSR count). The fourth-order valence-corrected chi connectivity index (χ4v) is 3.47. The summed E-state index contributed by atoms with van der Waals surface area (Å²) in [5, 5.41) is 13.1. The van der Waals surface area contributed by atoms with Crippen LogP contribution in [-0.2, 0) is 30.3 Å². The lowest BCUT2D eigenvalue weighted by atomic mass is 9.79. The first-order valence-electron chi connectivity index (χ1n) is 9.30. The third-order valence-corrected chi connectivity index (χ3v) is 4.98. The third-order valence-electron chi connectivity index (χ3n) is 4.98. The number of rotatable bonds is 6. The highest BCUT2D eigenvalue weighted by Gasteiger charge is 2.30. The number of ether oxygens (including phenoxy) is 2. The first kappa shape index (κ1) is 22.3. The van der Waals surface area contributed by atoms with Crippen molar-refractivity contribution in [2.24, 2.45) is 11.8 Å². The maximum absolute atomic E-state index is 14.9. The summed E-state index contributed by atoms with van der Waals surface area (Å²) in [6.07, 6.45) is 2.92. The molecule has 10 heteroatoms. The summed E-state index contributed by atoms with van der Waals surface area (Å²) in [5.74, 6) is -3.85. The van der Waals surface area contributed by atoms with Crippen molar-refractivity contribution in [2.45, 2.75) is 39.0 Å². The van der Waals surface area contributed by atoms with Gasteiger partial charge in [-0.25, -0.2) is 9.18 Å². The minimum absolute atomic E-state index is 0.0841. The van der Waals surface area contributed by atoms with Crippen LogP contribution >= 0.6 is 0 Å². The molecule has 0 radical (unpaired) electrons. The highest BCUT2D eigenvalue weighted by atomic mass is 19.1. The zero-order valence-electron chi connectivity index (χ0n) is 16.2. The number of halogens is 1. The van der Waals surface area contributed by atoms with E-state index in [4.69, 9.17) is 4.74 Å². The van der Waals surface area contributed by atoms with E-state index >= 15 is 0 Å². The Balaban J connectivity index is 2.15. The Hall–Kier alpha value is -3.04. The molecule has 0 bridgehead atoms. The summed E-state index contributed by atoms with van der Waals surface area (Å²) in [4.78, 5) is 45.1. The molecule has 0 saturated heterocycles. The molecule has 9 nitrogen and oxygen atoms in total. The molecule has 158 valence electrons. The molecule has 0 atom stereocenters. The largest absolute Gasteiger partial charge is 0.466 e. The number of nitro groups is 1. The van der Waals surface area contributed by atoms with E-state index in [1.165, 1.54) is 6.07 Å². The third kappa shape index (κ3) is 5.49. The summed E-state index contributed by atoms with van der Waals surface area (Å²) >= 11 is 0. The van der Waals surface area contributed by atoms with Gasteiger partial charge >= 0.3 is 17.8 Å². The van der Waals surface area contributed by atoms with Crippen molar-refractivity contribution in [1.29, 1.82) is 0 Å². The van der Waals surface area contributed by atoms with E-state index in [0.717, 1.165) is 13.2 Å². The van der Waals surface area contributed by atoms with Gasteiger partial charge in [0.15, 0.2) is 11.5 Å². The minimum Gasteiger partial charge on any atom is -0.466 e. The Morgan fingerprint density at radius 2 is 1.90 bits per heavy atom. The normalized spacial score (nSPS) is 18.6. The molecule has 1 aromatic rings. The smallest absolute Gasteiger partial charge is 0.396 e. The van der Waals surface area contributed by atoms with E-state index < -0.39 is 34.0 Å². The first-order valence-corrected chi connectivity index (χ1v) is 9.30. The Kier molecular flexibility index (Phi) is 7.63. The monoisotopic (exact) mass is 410 g/mol. The highest BCUT2D eigenvalue weighted by Crippen LogP contribution is 2.35. The number of nitrogens with one attached hydrogen (secondary N) is 1. The predicted molar refractivity (Wildman–Crippen MR) is 99.5 cm³/mol. The lowest BCUT2D eigenvalue weighted by Crippen LogP contribution is -2.26. The summed E-state index contributed by atoms with van der Waals surface area (Å²) in [7, 11) is 0.968. The van der Waals surface area contributed by atoms with E-state index in [1.54, 1.807) is 6.92 Å². The second-order valence-corrected chi connectivity index (χ2v) is 6.81. The van der Waals surface area contributed by atoms with E-state index in [0.29, 0.717) is 38.7 Å². The molecule has 0 aliphatic heterocycles. The number of nitro benzene ring substituents is 1. The summed E-state index contributed by atoms with van der Waals surface area (Å²) in [6, 6.07) is 2.40. The molecule has 1 aliphatic carbocycles. The van der Waals surface area contributed by atoms with Crippen LogP contribution in [0.5, 0.6) is 0 Å². The molecule has 1 aliphatic rings. The second kappa shape index (κ2) is 9.94. The Bertz CT molecular complexity index is 804. The van der Waals surface area contributed by atoms with Crippen LogP contribution in [0.4, 0.5) is 15.8 Å². The topological polar surface area (TPSA) is 125 Å². The minimum atomic E-state index is -1.30. The standard InChI is InChI=1S/C19H23FN2O7/c1-3-29-18(24)12-6-4-11(5-7-12)10-13-8-9-14(22(26)27)16(15(13)20)21-17(23)19(25)28-2/h8-9,11-12H,3-7,10H2,1-2H3,(H,21,23). The predicted octanol–water partition coefficient (Wildman–Crippen LogP) is 2.76.